The van der Waals surface area contributed by atoms with E-state index in [0.717, 1.165) is 70.6 Å². The van der Waals surface area contributed by atoms with Crippen LogP contribution in [-0.4, -0.2) is 74.8 Å². The van der Waals surface area contributed by atoms with Gasteiger partial charge in [-0.2, -0.15) is 0 Å². The molecule has 1 saturated heterocycles. The van der Waals surface area contributed by atoms with Crippen molar-refractivity contribution in [3.8, 4) is 0 Å². The van der Waals surface area contributed by atoms with Crippen LogP contribution in [0.2, 0.25) is 0 Å². The van der Waals surface area contributed by atoms with Gasteiger partial charge in [-0.3, -0.25) is 9.69 Å². The van der Waals surface area contributed by atoms with E-state index in [1.54, 1.807) is 0 Å². The van der Waals surface area contributed by atoms with Crippen LogP contribution in [-0.2, 0) is 27.2 Å². The summed E-state index contributed by atoms with van der Waals surface area (Å²) in [7, 11) is 1.41. The zero-order valence-electron chi connectivity index (χ0n) is 17.8. The van der Waals surface area contributed by atoms with Crippen molar-refractivity contribution in [3.63, 3.8) is 0 Å². The Hall–Kier alpha value is -2.12. The van der Waals surface area contributed by atoms with Crippen LogP contribution in [0.4, 0.5) is 4.79 Å². The second-order valence-corrected chi connectivity index (χ2v) is 7.40. The number of amides is 1. The van der Waals surface area contributed by atoms with Crippen LogP contribution in [0.5, 0.6) is 0 Å². The molecule has 0 saturated carbocycles. The van der Waals surface area contributed by atoms with E-state index >= 15 is 0 Å². The van der Waals surface area contributed by atoms with Crippen molar-refractivity contribution in [1.82, 2.24) is 15.1 Å². The second-order valence-electron chi connectivity index (χ2n) is 7.40. The lowest BCUT2D eigenvalue weighted by molar-refractivity contribution is -0.139. The van der Waals surface area contributed by atoms with E-state index in [1.807, 2.05) is 23.1 Å². The van der Waals surface area contributed by atoms with E-state index in [9.17, 15) is 9.59 Å². The standard InChI is InChI=1S/C22H35N3O4/c1-3-4-15-29-22(27)25-13-11-24(12-14-25)10-6-9-23-18-20-8-5-7-19(16-20)17-21(26)28-2/h5,7-8,16,23H,3-4,6,9-15,17-18H2,1-2H3. The van der Waals surface area contributed by atoms with Crippen LogP contribution < -0.4 is 5.32 Å². The summed E-state index contributed by atoms with van der Waals surface area (Å²) in [5, 5.41) is 3.46. The Morgan fingerprint density at radius 1 is 1.10 bits per heavy atom. The SMILES string of the molecule is CCCCOC(=O)N1CCN(CCCNCc2cccc(CC(=O)OC)c2)CC1. The Morgan fingerprint density at radius 3 is 2.59 bits per heavy atom. The topological polar surface area (TPSA) is 71.1 Å². The van der Waals surface area contributed by atoms with Crippen molar-refractivity contribution < 1.29 is 19.1 Å². The van der Waals surface area contributed by atoms with Gasteiger partial charge in [-0.05, 0) is 37.1 Å². The lowest BCUT2D eigenvalue weighted by Crippen LogP contribution is -2.49. The quantitative estimate of drug-likeness (QED) is 0.450. The van der Waals surface area contributed by atoms with Crippen LogP contribution in [0.15, 0.2) is 24.3 Å². The van der Waals surface area contributed by atoms with Crippen LogP contribution in [0.1, 0.15) is 37.3 Å². The summed E-state index contributed by atoms with van der Waals surface area (Å²) in [6.07, 6.45) is 3.15. The van der Waals surface area contributed by atoms with Crippen LogP contribution in [0.3, 0.4) is 0 Å². The molecular formula is C22H35N3O4. The number of hydrogen-bond donors (Lipinski definition) is 1. The highest BCUT2D eigenvalue weighted by molar-refractivity contribution is 5.72. The summed E-state index contributed by atoms with van der Waals surface area (Å²) < 4.78 is 10.00. The molecule has 1 fully saturated rings. The number of benzene rings is 1. The number of ether oxygens (including phenoxy) is 2. The van der Waals surface area contributed by atoms with Crippen molar-refractivity contribution in [3.05, 3.63) is 35.4 Å². The van der Waals surface area contributed by atoms with Gasteiger partial charge in [0, 0.05) is 32.7 Å². The largest absolute Gasteiger partial charge is 0.469 e. The molecular weight excluding hydrogens is 370 g/mol. The molecule has 29 heavy (non-hydrogen) atoms. The first kappa shape index (κ1) is 23.2. The lowest BCUT2D eigenvalue weighted by Gasteiger charge is -2.34. The maximum atomic E-state index is 12.0. The van der Waals surface area contributed by atoms with Crippen molar-refractivity contribution in [1.29, 1.82) is 0 Å². The maximum absolute atomic E-state index is 12.0. The van der Waals surface area contributed by atoms with Crippen LogP contribution in [0.25, 0.3) is 0 Å². The summed E-state index contributed by atoms with van der Waals surface area (Å²) in [5.74, 6) is -0.218. The number of nitrogens with zero attached hydrogens (tertiary/aromatic N) is 2. The number of unbranched alkanes of at least 4 members (excludes halogenated alkanes) is 1. The zero-order valence-corrected chi connectivity index (χ0v) is 17.8. The third-order valence-electron chi connectivity index (χ3n) is 5.08. The number of carbonyl (C=O) groups is 2. The van der Waals surface area contributed by atoms with Gasteiger partial charge >= 0.3 is 12.1 Å². The molecule has 1 aliphatic rings. The Bertz CT molecular complexity index is 630. The fraction of sp³-hybridized carbons (Fsp3) is 0.636. The minimum atomic E-state index is -0.218. The molecule has 0 radical (unpaired) electrons. The van der Waals surface area contributed by atoms with E-state index in [-0.39, 0.29) is 12.1 Å². The van der Waals surface area contributed by atoms with Gasteiger partial charge < -0.3 is 19.7 Å². The molecule has 7 heteroatoms. The predicted molar refractivity (Wildman–Crippen MR) is 113 cm³/mol. The molecule has 2 rings (SSSR count). The van der Waals surface area contributed by atoms with E-state index in [2.05, 4.69) is 23.2 Å². The highest BCUT2D eigenvalue weighted by Crippen LogP contribution is 2.07. The van der Waals surface area contributed by atoms with Gasteiger partial charge in [0.05, 0.1) is 20.1 Å². The summed E-state index contributed by atoms with van der Waals surface area (Å²) in [6.45, 7) is 8.63. The molecule has 1 aliphatic heterocycles. The molecule has 0 atom stereocenters. The number of hydrogen-bond acceptors (Lipinski definition) is 6. The van der Waals surface area contributed by atoms with E-state index < -0.39 is 0 Å². The van der Waals surface area contributed by atoms with Crippen molar-refractivity contribution >= 4 is 12.1 Å². The van der Waals surface area contributed by atoms with Crippen LogP contribution >= 0.6 is 0 Å². The third kappa shape index (κ3) is 8.83. The fourth-order valence-corrected chi connectivity index (χ4v) is 3.30. The number of nitrogens with one attached hydrogen (secondary N) is 1. The second kappa shape index (κ2) is 13.2. The lowest BCUT2D eigenvalue weighted by atomic mass is 10.1. The first-order valence-electron chi connectivity index (χ1n) is 10.6. The molecule has 0 spiro atoms. The Kier molecular flexibility index (Phi) is 10.5. The van der Waals surface area contributed by atoms with Crippen molar-refractivity contribution in [2.45, 2.75) is 39.2 Å². The minimum Gasteiger partial charge on any atom is -0.469 e. The third-order valence-corrected chi connectivity index (χ3v) is 5.08. The molecule has 1 aromatic carbocycles. The number of carbonyl (C=O) groups excluding carboxylic acids is 2. The highest BCUT2D eigenvalue weighted by Gasteiger charge is 2.21. The molecule has 7 nitrogen and oxygen atoms in total. The van der Waals surface area contributed by atoms with Gasteiger partial charge in [0.15, 0.2) is 0 Å². The number of esters is 1. The van der Waals surface area contributed by atoms with Gasteiger partial charge in [-0.1, -0.05) is 37.6 Å². The smallest absolute Gasteiger partial charge is 0.409 e. The molecule has 1 N–H and O–H groups in total. The van der Waals surface area contributed by atoms with Gasteiger partial charge in [-0.15, -0.1) is 0 Å². The molecule has 0 unspecified atom stereocenters. The molecule has 0 aromatic heterocycles. The molecule has 1 heterocycles. The molecule has 162 valence electrons. The summed E-state index contributed by atoms with van der Waals surface area (Å²) in [5.41, 5.74) is 2.14. The Morgan fingerprint density at radius 2 is 1.86 bits per heavy atom. The predicted octanol–water partition coefficient (Wildman–Crippen LogP) is 2.44. The van der Waals surface area contributed by atoms with Gasteiger partial charge in [0.1, 0.15) is 0 Å². The Balaban J connectivity index is 1.57. The first-order valence-corrected chi connectivity index (χ1v) is 10.6. The molecule has 1 amide bonds. The average Bonchev–Trinajstić information content (AvgIpc) is 2.74. The maximum Gasteiger partial charge on any atom is 0.409 e. The minimum absolute atomic E-state index is 0.172. The van der Waals surface area contributed by atoms with E-state index in [4.69, 9.17) is 9.47 Å². The highest BCUT2D eigenvalue weighted by atomic mass is 16.6. The van der Waals surface area contributed by atoms with Crippen molar-refractivity contribution in [2.24, 2.45) is 0 Å². The number of piperazine rings is 1. The summed E-state index contributed by atoms with van der Waals surface area (Å²) >= 11 is 0. The molecule has 1 aromatic rings. The van der Waals surface area contributed by atoms with E-state index in [0.29, 0.717) is 13.0 Å². The van der Waals surface area contributed by atoms with E-state index in [1.165, 1.54) is 12.7 Å². The number of methoxy groups -OCH3 is 1. The fourth-order valence-electron chi connectivity index (χ4n) is 3.30. The first-order chi connectivity index (χ1) is 14.1. The zero-order chi connectivity index (χ0) is 20.9. The summed E-state index contributed by atoms with van der Waals surface area (Å²) in [4.78, 5) is 27.6. The normalized spacial score (nSPS) is 14.6. The number of rotatable bonds is 11. The van der Waals surface area contributed by atoms with Gasteiger partial charge in [-0.25, -0.2) is 4.79 Å². The monoisotopic (exact) mass is 405 g/mol. The van der Waals surface area contributed by atoms with Gasteiger partial charge in [0.2, 0.25) is 0 Å². The van der Waals surface area contributed by atoms with Gasteiger partial charge in [0.25, 0.3) is 0 Å². The Labute approximate surface area is 174 Å². The average molecular weight is 406 g/mol. The summed E-state index contributed by atoms with van der Waals surface area (Å²) in [6, 6.07) is 8.02. The van der Waals surface area contributed by atoms with Crippen molar-refractivity contribution in [2.75, 3.05) is 53.0 Å². The van der Waals surface area contributed by atoms with Crippen LogP contribution in [0, 0.1) is 0 Å². The molecule has 0 aliphatic carbocycles. The molecule has 0 bridgehead atoms.